The average molecular weight is 565 g/mol. The summed E-state index contributed by atoms with van der Waals surface area (Å²) in [5.41, 5.74) is 1.81. The molecule has 12 heteroatoms. The Balaban J connectivity index is 0.00000103. The summed E-state index contributed by atoms with van der Waals surface area (Å²) in [4.78, 5) is 40.6. The third-order valence-electron chi connectivity index (χ3n) is 6.43. The first-order valence-electron chi connectivity index (χ1n) is 13.0. The molecule has 3 amide bonds. The quantitative estimate of drug-likeness (QED) is 0.466. The number of nitrogens with zero attached hydrogens (tertiary/aromatic N) is 3. The number of alkyl halides is 2. The zero-order valence-electron chi connectivity index (χ0n) is 22.8. The molecule has 3 unspecified atom stereocenters. The van der Waals surface area contributed by atoms with E-state index in [4.69, 9.17) is 9.47 Å². The first-order chi connectivity index (χ1) is 19.1. The summed E-state index contributed by atoms with van der Waals surface area (Å²) in [5, 5.41) is 2.48. The van der Waals surface area contributed by atoms with E-state index >= 15 is 4.39 Å². The summed E-state index contributed by atoms with van der Waals surface area (Å²) in [6, 6.07) is 14.0. The van der Waals surface area contributed by atoms with Crippen molar-refractivity contribution in [2.24, 2.45) is 0 Å². The summed E-state index contributed by atoms with van der Waals surface area (Å²) in [6.45, 7) is 6.43. The van der Waals surface area contributed by atoms with Crippen molar-refractivity contribution in [1.29, 1.82) is 0 Å². The molecule has 2 fully saturated rings. The molecule has 2 aliphatic rings. The van der Waals surface area contributed by atoms with Crippen molar-refractivity contribution < 1.29 is 37.0 Å². The number of carbonyl (C=O) groups is 3. The highest BCUT2D eigenvalue weighted by molar-refractivity contribution is 5.90. The standard InChI is InChI=1S/C26H31FN4O5.C2H4F2/c1-18-12-29(13-19(2)31(18)25(33)16-35-15-20-6-4-3-5-7-20)24-9-8-21(10-23(24)27)30-14-22(11-28-17-32)36-26(30)34;1-2(3)4/h3-10,17-19,22H,11-16H2,1-2H3,(H,28,32);2H,1H3. The van der Waals surface area contributed by atoms with Crippen LogP contribution in [-0.4, -0.2) is 80.7 Å². The van der Waals surface area contributed by atoms with Gasteiger partial charge in [-0.1, -0.05) is 30.3 Å². The Bertz CT molecular complexity index is 1130. The van der Waals surface area contributed by atoms with E-state index in [1.165, 1.54) is 11.0 Å². The van der Waals surface area contributed by atoms with E-state index in [0.29, 0.717) is 37.5 Å². The van der Waals surface area contributed by atoms with E-state index in [9.17, 15) is 23.2 Å². The largest absolute Gasteiger partial charge is 0.442 e. The molecule has 0 spiro atoms. The first kappa shape index (κ1) is 30.7. The molecule has 40 heavy (non-hydrogen) atoms. The number of hydrogen-bond acceptors (Lipinski definition) is 6. The SMILES string of the molecule is CC(F)F.CC1CN(c2ccc(N3CC(CNC=O)OC3=O)cc2F)CC(C)N1C(=O)COCc1ccccc1. The molecular formula is C28H35F3N4O5. The second kappa shape index (κ2) is 14.5. The number of hydrogen-bond donors (Lipinski definition) is 1. The topological polar surface area (TPSA) is 91.4 Å². The van der Waals surface area contributed by atoms with Crippen molar-refractivity contribution in [3.63, 3.8) is 0 Å². The van der Waals surface area contributed by atoms with Gasteiger partial charge in [-0.3, -0.25) is 14.5 Å². The molecule has 9 nitrogen and oxygen atoms in total. The number of piperazine rings is 1. The van der Waals surface area contributed by atoms with Crippen LogP contribution in [-0.2, 0) is 25.7 Å². The Labute approximate surface area is 231 Å². The highest BCUT2D eigenvalue weighted by atomic mass is 19.3. The number of rotatable bonds is 9. The lowest BCUT2D eigenvalue weighted by atomic mass is 10.1. The van der Waals surface area contributed by atoms with Crippen molar-refractivity contribution in [1.82, 2.24) is 10.2 Å². The molecule has 1 N–H and O–H groups in total. The van der Waals surface area contributed by atoms with Gasteiger partial charge < -0.3 is 24.6 Å². The van der Waals surface area contributed by atoms with Crippen molar-refractivity contribution in [3.8, 4) is 0 Å². The highest BCUT2D eigenvalue weighted by Gasteiger charge is 2.35. The Kier molecular flexibility index (Phi) is 11.2. The number of anilines is 2. The number of benzene rings is 2. The first-order valence-corrected chi connectivity index (χ1v) is 13.0. The molecule has 2 aromatic rings. The number of nitrogens with one attached hydrogen (secondary N) is 1. The number of cyclic esters (lactones) is 1. The molecule has 2 saturated heterocycles. The van der Waals surface area contributed by atoms with Crippen LogP contribution in [0.1, 0.15) is 26.3 Å². The minimum Gasteiger partial charge on any atom is -0.442 e. The second-order valence-corrected chi connectivity index (χ2v) is 9.68. The third-order valence-corrected chi connectivity index (χ3v) is 6.43. The summed E-state index contributed by atoms with van der Waals surface area (Å²) >= 11 is 0. The van der Waals surface area contributed by atoms with Gasteiger partial charge in [0.2, 0.25) is 18.7 Å². The van der Waals surface area contributed by atoms with Crippen molar-refractivity contribution in [2.75, 3.05) is 42.6 Å². The van der Waals surface area contributed by atoms with Gasteiger partial charge in [-0.05, 0) is 44.5 Å². The Morgan fingerprint density at radius 1 is 1.12 bits per heavy atom. The minimum absolute atomic E-state index is 0.0120. The minimum atomic E-state index is -2.17. The fourth-order valence-electron chi connectivity index (χ4n) is 4.85. The summed E-state index contributed by atoms with van der Waals surface area (Å²) < 4.78 is 46.7. The maximum Gasteiger partial charge on any atom is 0.414 e. The monoisotopic (exact) mass is 564 g/mol. The van der Waals surface area contributed by atoms with Gasteiger partial charge in [0.05, 0.1) is 31.1 Å². The van der Waals surface area contributed by atoms with Crippen molar-refractivity contribution in [3.05, 3.63) is 59.9 Å². The molecular weight excluding hydrogens is 529 g/mol. The summed E-state index contributed by atoms with van der Waals surface area (Å²) in [6.07, 6.45) is -2.70. The lowest BCUT2D eigenvalue weighted by Crippen LogP contribution is -2.59. The average Bonchev–Trinajstić information content (AvgIpc) is 3.27. The third kappa shape index (κ3) is 8.35. The number of halogens is 3. The lowest BCUT2D eigenvalue weighted by molar-refractivity contribution is -0.141. The molecule has 4 rings (SSSR count). The fraction of sp³-hybridized carbons (Fsp3) is 0.464. The van der Waals surface area contributed by atoms with Gasteiger partial charge in [0, 0.05) is 25.2 Å². The second-order valence-electron chi connectivity index (χ2n) is 9.68. The van der Waals surface area contributed by atoms with Crippen LogP contribution in [0.2, 0.25) is 0 Å². The van der Waals surface area contributed by atoms with Crippen LogP contribution in [0.15, 0.2) is 48.5 Å². The zero-order chi connectivity index (χ0) is 29.2. The molecule has 0 radical (unpaired) electrons. The van der Waals surface area contributed by atoms with Crippen LogP contribution in [0.4, 0.5) is 29.3 Å². The van der Waals surface area contributed by atoms with E-state index in [1.54, 1.807) is 12.1 Å². The van der Waals surface area contributed by atoms with Gasteiger partial charge in [0.25, 0.3) is 0 Å². The molecule has 0 aliphatic carbocycles. The Morgan fingerprint density at radius 2 is 1.77 bits per heavy atom. The Morgan fingerprint density at radius 3 is 2.38 bits per heavy atom. The van der Waals surface area contributed by atoms with Gasteiger partial charge in [-0.25, -0.2) is 18.0 Å². The summed E-state index contributed by atoms with van der Waals surface area (Å²) in [5.74, 6) is -0.548. The van der Waals surface area contributed by atoms with E-state index in [-0.39, 0.29) is 37.7 Å². The molecule has 218 valence electrons. The van der Waals surface area contributed by atoms with Gasteiger partial charge >= 0.3 is 6.09 Å². The molecule has 0 bridgehead atoms. The van der Waals surface area contributed by atoms with E-state index in [2.05, 4.69) is 5.32 Å². The normalized spacial score (nSPS) is 20.6. The van der Waals surface area contributed by atoms with E-state index in [0.717, 1.165) is 12.5 Å². The van der Waals surface area contributed by atoms with Crippen LogP contribution in [0.25, 0.3) is 0 Å². The fourth-order valence-corrected chi connectivity index (χ4v) is 4.85. The molecule has 3 atom stereocenters. The molecule has 2 aliphatic heterocycles. The molecule has 2 heterocycles. The Hall–Kier alpha value is -3.80. The smallest absolute Gasteiger partial charge is 0.414 e. The molecule has 2 aromatic carbocycles. The van der Waals surface area contributed by atoms with Crippen LogP contribution in [0, 0.1) is 5.82 Å². The van der Waals surface area contributed by atoms with Crippen molar-refractivity contribution in [2.45, 2.75) is 52.0 Å². The van der Waals surface area contributed by atoms with Crippen molar-refractivity contribution >= 4 is 29.8 Å². The summed E-state index contributed by atoms with van der Waals surface area (Å²) in [7, 11) is 0. The molecule has 0 saturated carbocycles. The van der Waals surface area contributed by atoms with Gasteiger partial charge in [0.1, 0.15) is 18.5 Å². The van der Waals surface area contributed by atoms with Crippen LogP contribution < -0.4 is 15.1 Å². The van der Waals surface area contributed by atoms with Gasteiger partial charge in [-0.15, -0.1) is 0 Å². The van der Waals surface area contributed by atoms with Gasteiger partial charge in [-0.2, -0.15) is 0 Å². The van der Waals surface area contributed by atoms with E-state index in [1.807, 2.05) is 54.0 Å². The number of amides is 3. The van der Waals surface area contributed by atoms with Gasteiger partial charge in [0.15, 0.2) is 0 Å². The number of carbonyl (C=O) groups excluding carboxylic acids is 3. The predicted octanol–water partition coefficient (Wildman–Crippen LogP) is 3.81. The van der Waals surface area contributed by atoms with Crippen LogP contribution in [0.5, 0.6) is 0 Å². The lowest BCUT2D eigenvalue weighted by Gasteiger charge is -2.45. The van der Waals surface area contributed by atoms with Crippen LogP contribution in [0.3, 0.4) is 0 Å². The maximum absolute atomic E-state index is 15.2. The maximum atomic E-state index is 15.2. The molecule has 0 aromatic heterocycles. The van der Waals surface area contributed by atoms with E-state index < -0.39 is 24.4 Å². The highest BCUT2D eigenvalue weighted by Crippen LogP contribution is 2.30. The zero-order valence-corrected chi connectivity index (χ0v) is 22.8. The number of ether oxygens (including phenoxy) is 2. The predicted molar refractivity (Wildman–Crippen MR) is 144 cm³/mol. The van der Waals surface area contributed by atoms with Crippen LogP contribution >= 0.6 is 0 Å².